The van der Waals surface area contributed by atoms with Crippen LogP contribution >= 0.6 is 0 Å². The number of piperidine rings is 1. The van der Waals surface area contributed by atoms with Crippen LogP contribution in [0.25, 0.3) is 10.8 Å². The molecule has 22 heavy (non-hydrogen) atoms. The average Bonchev–Trinajstić information content (AvgIpc) is 2.53. The molecule has 1 aliphatic rings. The van der Waals surface area contributed by atoms with E-state index in [1.165, 1.54) is 5.39 Å². The van der Waals surface area contributed by atoms with E-state index in [0.717, 1.165) is 23.8 Å². The number of benzene rings is 2. The number of hydrogen-bond donors (Lipinski definition) is 1. The minimum absolute atomic E-state index is 0.0687. The molecule has 4 heteroatoms. The molecule has 0 saturated carbocycles. The van der Waals surface area contributed by atoms with Crippen LogP contribution in [0, 0.1) is 5.92 Å². The Bertz CT molecular complexity index is 726. The van der Waals surface area contributed by atoms with E-state index in [1.807, 2.05) is 18.2 Å². The van der Waals surface area contributed by atoms with Gasteiger partial charge < -0.3 is 10.6 Å². The fraction of sp³-hybridized carbons (Fsp3) is 0.333. The number of fused-ring (bicyclic) bond motifs is 1. The number of amides is 2. The highest BCUT2D eigenvalue weighted by Gasteiger charge is 2.33. The summed E-state index contributed by atoms with van der Waals surface area (Å²) >= 11 is 0. The first-order chi connectivity index (χ1) is 10.6. The molecular formula is C18H20N2O2. The molecule has 2 amide bonds. The van der Waals surface area contributed by atoms with Crippen molar-refractivity contribution in [3.8, 4) is 0 Å². The van der Waals surface area contributed by atoms with E-state index in [2.05, 4.69) is 31.2 Å². The molecule has 0 unspecified atom stereocenters. The van der Waals surface area contributed by atoms with Gasteiger partial charge in [0.2, 0.25) is 0 Å². The quantitative estimate of drug-likeness (QED) is 0.822. The van der Waals surface area contributed by atoms with Gasteiger partial charge in [-0.2, -0.15) is 0 Å². The van der Waals surface area contributed by atoms with Crippen molar-refractivity contribution in [2.45, 2.75) is 25.8 Å². The lowest BCUT2D eigenvalue weighted by molar-refractivity contribution is -0.147. The van der Waals surface area contributed by atoms with Crippen LogP contribution in [0.15, 0.2) is 42.5 Å². The van der Waals surface area contributed by atoms with Gasteiger partial charge in [0.05, 0.1) is 6.04 Å². The summed E-state index contributed by atoms with van der Waals surface area (Å²) in [6, 6.07) is 14.3. The first-order valence-corrected chi connectivity index (χ1v) is 7.65. The second-order valence-electron chi connectivity index (χ2n) is 6.13. The van der Waals surface area contributed by atoms with Gasteiger partial charge in [-0.1, -0.05) is 43.3 Å². The normalized spacial score (nSPS) is 21.8. The summed E-state index contributed by atoms with van der Waals surface area (Å²) in [6.07, 6.45) is 1.90. The molecule has 1 saturated heterocycles. The number of likely N-dealkylation sites (tertiary alicyclic amines) is 1. The predicted octanol–water partition coefficient (Wildman–Crippen LogP) is 2.62. The maximum atomic E-state index is 12.1. The Morgan fingerprint density at radius 3 is 2.55 bits per heavy atom. The van der Waals surface area contributed by atoms with Gasteiger partial charge in [-0.3, -0.25) is 9.59 Å². The summed E-state index contributed by atoms with van der Waals surface area (Å²) in [5.74, 6) is -1.07. The first-order valence-electron chi connectivity index (χ1n) is 7.65. The maximum Gasteiger partial charge on any atom is 0.312 e. The average molecular weight is 296 g/mol. The zero-order valence-corrected chi connectivity index (χ0v) is 12.7. The maximum absolute atomic E-state index is 12.1. The molecule has 4 nitrogen and oxygen atoms in total. The van der Waals surface area contributed by atoms with Gasteiger partial charge in [0.1, 0.15) is 0 Å². The third-order valence-electron chi connectivity index (χ3n) is 4.45. The number of nitrogens with two attached hydrogens (primary N) is 1. The summed E-state index contributed by atoms with van der Waals surface area (Å²) in [4.78, 5) is 25.1. The Morgan fingerprint density at radius 1 is 1.09 bits per heavy atom. The Kier molecular flexibility index (Phi) is 3.84. The number of rotatable bonds is 1. The standard InChI is InChI=1S/C18H20N2O2/c1-12-6-9-16(20(11-12)18(22)17(19)21)15-8-7-13-4-2-3-5-14(13)10-15/h2-5,7-8,10,12,16H,6,9,11H2,1H3,(H2,19,21)/t12-,16+/m0/s1. The highest BCUT2D eigenvalue weighted by atomic mass is 16.2. The molecule has 1 fully saturated rings. The van der Waals surface area contributed by atoms with E-state index in [-0.39, 0.29) is 6.04 Å². The summed E-state index contributed by atoms with van der Waals surface area (Å²) in [5, 5.41) is 2.31. The highest BCUT2D eigenvalue weighted by molar-refractivity contribution is 6.34. The van der Waals surface area contributed by atoms with Crippen molar-refractivity contribution < 1.29 is 9.59 Å². The largest absolute Gasteiger partial charge is 0.361 e. The van der Waals surface area contributed by atoms with Gasteiger partial charge in [0.25, 0.3) is 0 Å². The lowest BCUT2D eigenvalue weighted by Gasteiger charge is -2.38. The molecule has 0 spiro atoms. The fourth-order valence-corrected chi connectivity index (χ4v) is 3.28. The van der Waals surface area contributed by atoms with Gasteiger partial charge in [-0.05, 0) is 41.2 Å². The molecule has 1 aliphatic heterocycles. The predicted molar refractivity (Wildman–Crippen MR) is 86.0 cm³/mol. The van der Waals surface area contributed by atoms with Crippen molar-refractivity contribution in [1.29, 1.82) is 0 Å². The molecule has 2 atom stereocenters. The molecular weight excluding hydrogens is 276 g/mol. The van der Waals surface area contributed by atoms with E-state index in [9.17, 15) is 9.59 Å². The van der Waals surface area contributed by atoms with E-state index in [4.69, 9.17) is 5.73 Å². The van der Waals surface area contributed by atoms with Gasteiger partial charge in [0.15, 0.2) is 0 Å². The smallest absolute Gasteiger partial charge is 0.312 e. The third kappa shape index (κ3) is 2.69. The molecule has 2 aromatic carbocycles. The van der Waals surface area contributed by atoms with E-state index in [0.29, 0.717) is 12.5 Å². The molecule has 0 bridgehead atoms. The summed E-state index contributed by atoms with van der Waals surface area (Å²) in [5.41, 5.74) is 6.28. The fourth-order valence-electron chi connectivity index (χ4n) is 3.28. The van der Waals surface area contributed by atoms with Crippen molar-refractivity contribution in [2.75, 3.05) is 6.54 Å². The van der Waals surface area contributed by atoms with Gasteiger partial charge >= 0.3 is 11.8 Å². The van der Waals surface area contributed by atoms with Crippen LogP contribution in [0.1, 0.15) is 31.4 Å². The minimum atomic E-state index is -0.875. The Labute approximate surface area is 129 Å². The molecule has 114 valence electrons. The number of hydrogen-bond acceptors (Lipinski definition) is 2. The van der Waals surface area contributed by atoms with Crippen molar-refractivity contribution in [3.05, 3.63) is 48.0 Å². The minimum Gasteiger partial charge on any atom is -0.361 e. The van der Waals surface area contributed by atoms with Crippen LogP contribution < -0.4 is 5.73 Å². The molecule has 0 radical (unpaired) electrons. The van der Waals surface area contributed by atoms with Crippen molar-refractivity contribution in [3.63, 3.8) is 0 Å². The van der Waals surface area contributed by atoms with E-state index >= 15 is 0 Å². The summed E-state index contributed by atoms with van der Waals surface area (Å²) in [6.45, 7) is 2.68. The first kappa shape index (κ1) is 14.6. The number of carbonyl (C=O) groups excluding carboxylic acids is 2. The Balaban J connectivity index is 1.98. The lowest BCUT2D eigenvalue weighted by Crippen LogP contribution is -2.46. The number of nitrogens with zero attached hydrogens (tertiary/aromatic N) is 1. The van der Waals surface area contributed by atoms with Crippen molar-refractivity contribution in [1.82, 2.24) is 4.90 Å². The molecule has 1 heterocycles. The summed E-state index contributed by atoms with van der Waals surface area (Å²) < 4.78 is 0. The van der Waals surface area contributed by atoms with Crippen molar-refractivity contribution in [2.24, 2.45) is 11.7 Å². The molecule has 0 aliphatic carbocycles. The van der Waals surface area contributed by atoms with Crippen molar-refractivity contribution >= 4 is 22.6 Å². The third-order valence-corrected chi connectivity index (χ3v) is 4.45. The van der Waals surface area contributed by atoms with Gasteiger partial charge in [0, 0.05) is 6.54 Å². The Hall–Kier alpha value is -2.36. The Morgan fingerprint density at radius 2 is 1.82 bits per heavy atom. The van der Waals surface area contributed by atoms with Crippen LogP contribution in [-0.2, 0) is 9.59 Å². The SMILES string of the molecule is C[C@H]1CC[C@H](c2ccc3ccccc3c2)N(C(=O)C(N)=O)C1. The van der Waals surface area contributed by atoms with Crippen LogP contribution in [-0.4, -0.2) is 23.3 Å². The highest BCUT2D eigenvalue weighted by Crippen LogP contribution is 2.34. The number of primary amides is 1. The van der Waals surface area contributed by atoms with Crippen LogP contribution in [0.4, 0.5) is 0 Å². The molecule has 2 N–H and O–H groups in total. The topological polar surface area (TPSA) is 63.4 Å². The second kappa shape index (κ2) is 5.79. The molecule has 0 aromatic heterocycles. The van der Waals surface area contributed by atoms with Gasteiger partial charge in [-0.15, -0.1) is 0 Å². The zero-order valence-electron chi connectivity index (χ0n) is 12.7. The zero-order chi connectivity index (χ0) is 15.7. The monoisotopic (exact) mass is 296 g/mol. The lowest BCUT2D eigenvalue weighted by atomic mass is 9.89. The van der Waals surface area contributed by atoms with Crippen LogP contribution in [0.2, 0.25) is 0 Å². The van der Waals surface area contributed by atoms with Crippen LogP contribution in [0.3, 0.4) is 0 Å². The van der Waals surface area contributed by atoms with Crippen LogP contribution in [0.5, 0.6) is 0 Å². The number of carbonyl (C=O) groups is 2. The summed E-state index contributed by atoms with van der Waals surface area (Å²) in [7, 11) is 0. The van der Waals surface area contributed by atoms with E-state index in [1.54, 1.807) is 4.90 Å². The molecule has 3 rings (SSSR count). The second-order valence-corrected chi connectivity index (χ2v) is 6.13. The van der Waals surface area contributed by atoms with Gasteiger partial charge in [-0.25, -0.2) is 0 Å². The molecule has 2 aromatic rings. The van der Waals surface area contributed by atoms with E-state index < -0.39 is 11.8 Å².